The molecule has 0 saturated heterocycles. The fourth-order valence-corrected chi connectivity index (χ4v) is 2.43. The van der Waals surface area contributed by atoms with Crippen LogP contribution in [0.1, 0.15) is 60.8 Å². The van der Waals surface area contributed by atoms with E-state index in [2.05, 4.69) is 31.4 Å². The first kappa shape index (κ1) is 18.3. The van der Waals surface area contributed by atoms with Crippen molar-refractivity contribution in [1.29, 1.82) is 0 Å². The number of amides is 1. The SMILES string of the molecule is CCC1(CNCC(CNC(=O)OC(C)(C)C)C(C)C)CC1. The van der Waals surface area contributed by atoms with Gasteiger partial charge in [0.1, 0.15) is 5.60 Å². The Hall–Kier alpha value is -0.770. The number of alkyl carbamates (subject to hydrolysis) is 1. The molecule has 0 aromatic carbocycles. The molecule has 124 valence electrons. The number of carbonyl (C=O) groups excluding carboxylic acids is 1. The summed E-state index contributed by atoms with van der Waals surface area (Å²) in [6.07, 6.45) is 3.67. The van der Waals surface area contributed by atoms with Crippen LogP contribution in [0.25, 0.3) is 0 Å². The molecule has 1 aliphatic rings. The molecule has 2 N–H and O–H groups in total. The fraction of sp³-hybridized carbons (Fsp3) is 0.941. The molecule has 1 atom stereocenters. The van der Waals surface area contributed by atoms with E-state index >= 15 is 0 Å². The van der Waals surface area contributed by atoms with Crippen LogP contribution in [-0.2, 0) is 4.74 Å². The Labute approximate surface area is 130 Å². The Kier molecular flexibility index (Phi) is 6.51. The van der Waals surface area contributed by atoms with Crippen LogP contribution < -0.4 is 10.6 Å². The number of carbonyl (C=O) groups is 1. The number of ether oxygens (including phenoxy) is 1. The molecule has 0 aromatic heterocycles. The molecule has 1 amide bonds. The van der Waals surface area contributed by atoms with Crippen molar-refractivity contribution < 1.29 is 9.53 Å². The Balaban J connectivity index is 2.28. The van der Waals surface area contributed by atoms with Crippen LogP contribution in [0.5, 0.6) is 0 Å². The molecule has 0 aromatic rings. The number of hydrogen-bond donors (Lipinski definition) is 2. The topological polar surface area (TPSA) is 50.4 Å². The minimum atomic E-state index is -0.435. The highest BCUT2D eigenvalue weighted by atomic mass is 16.6. The molecule has 1 rings (SSSR count). The Morgan fingerprint density at radius 2 is 1.86 bits per heavy atom. The summed E-state index contributed by atoms with van der Waals surface area (Å²) in [6.45, 7) is 15.1. The molecule has 1 aliphatic carbocycles. The Bertz CT molecular complexity index is 330. The van der Waals surface area contributed by atoms with Gasteiger partial charge in [0.15, 0.2) is 0 Å². The van der Waals surface area contributed by atoms with E-state index in [0.29, 0.717) is 23.8 Å². The molecule has 0 heterocycles. The summed E-state index contributed by atoms with van der Waals surface area (Å²) in [5, 5.41) is 6.50. The molecule has 4 heteroatoms. The van der Waals surface area contributed by atoms with Crippen molar-refractivity contribution in [3.63, 3.8) is 0 Å². The monoisotopic (exact) mass is 298 g/mol. The fourth-order valence-electron chi connectivity index (χ4n) is 2.43. The van der Waals surface area contributed by atoms with Gasteiger partial charge >= 0.3 is 6.09 Å². The molecule has 1 fully saturated rings. The van der Waals surface area contributed by atoms with Gasteiger partial charge in [0, 0.05) is 13.1 Å². The normalized spacial score (nSPS) is 18.4. The predicted octanol–water partition coefficient (Wildman–Crippen LogP) is 3.56. The number of rotatable bonds is 8. The molecular weight excluding hydrogens is 264 g/mol. The van der Waals surface area contributed by atoms with Crippen molar-refractivity contribution in [2.75, 3.05) is 19.6 Å². The van der Waals surface area contributed by atoms with Crippen LogP contribution in [0.4, 0.5) is 4.79 Å². The average molecular weight is 298 g/mol. The molecular formula is C17H34N2O2. The summed E-state index contributed by atoms with van der Waals surface area (Å²) < 4.78 is 5.28. The van der Waals surface area contributed by atoms with E-state index in [4.69, 9.17) is 4.74 Å². The first-order valence-electron chi connectivity index (χ1n) is 8.35. The maximum atomic E-state index is 11.7. The van der Waals surface area contributed by atoms with Crippen molar-refractivity contribution in [2.24, 2.45) is 17.3 Å². The zero-order valence-corrected chi connectivity index (χ0v) is 14.7. The molecule has 0 spiro atoms. The lowest BCUT2D eigenvalue weighted by Gasteiger charge is -2.25. The van der Waals surface area contributed by atoms with Crippen molar-refractivity contribution in [1.82, 2.24) is 10.6 Å². The van der Waals surface area contributed by atoms with Crippen LogP contribution in [0.15, 0.2) is 0 Å². The van der Waals surface area contributed by atoms with E-state index < -0.39 is 5.60 Å². The van der Waals surface area contributed by atoms with Gasteiger partial charge in [0.2, 0.25) is 0 Å². The van der Waals surface area contributed by atoms with Gasteiger partial charge in [0.05, 0.1) is 0 Å². The summed E-state index contributed by atoms with van der Waals surface area (Å²) in [7, 11) is 0. The van der Waals surface area contributed by atoms with E-state index in [0.717, 1.165) is 13.1 Å². The molecule has 1 unspecified atom stereocenters. The summed E-state index contributed by atoms with van der Waals surface area (Å²) in [5.41, 5.74) is 0.134. The molecule has 4 nitrogen and oxygen atoms in total. The van der Waals surface area contributed by atoms with Gasteiger partial charge in [-0.3, -0.25) is 0 Å². The quantitative estimate of drug-likeness (QED) is 0.720. The van der Waals surface area contributed by atoms with Crippen LogP contribution in [0.3, 0.4) is 0 Å². The summed E-state index contributed by atoms with van der Waals surface area (Å²) in [6, 6.07) is 0. The summed E-state index contributed by atoms with van der Waals surface area (Å²) in [5.74, 6) is 0.967. The van der Waals surface area contributed by atoms with E-state index in [9.17, 15) is 4.79 Å². The Morgan fingerprint density at radius 1 is 1.24 bits per heavy atom. The molecule has 0 aliphatic heterocycles. The minimum absolute atomic E-state index is 0.319. The first-order valence-corrected chi connectivity index (χ1v) is 8.35. The highest BCUT2D eigenvalue weighted by Crippen LogP contribution is 2.47. The summed E-state index contributed by atoms with van der Waals surface area (Å²) >= 11 is 0. The van der Waals surface area contributed by atoms with Gasteiger partial charge in [-0.15, -0.1) is 0 Å². The zero-order chi connectivity index (χ0) is 16.1. The third-order valence-electron chi connectivity index (χ3n) is 4.46. The zero-order valence-electron chi connectivity index (χ0n) is 14.7. The Morgan fingerprint density at radius 3 is 2.29 bits per heavy atom. The molecule has 0 bridgehead atoms. The predicted molar refractivity (Wildman–Crippen MR) is 87.4 cm³/mol. The van der Waals surface area contributed by atoms with Gasteiger partial charge < -0.3 is 15.4 Å². The van der Waals surface area contributed by atoms with E-state index in [1.807, 2.05) is 20.8 Å². The third kappa shape index (κ3) is 7.16. The lowest BCUT2D eigenvalue weighted by atomic mass is 9.95. The largest absolute Gasteiger partial charge is 0.444 e. The van der Waals surface area contributed by atoms with Crippen LogP contribution in [-0.4, -0.2) is 31.3 Å². The first-order chi connectivity index (χ1) is 9.67. The van der Waals surface area contributed by atoms with E-state index in [-0.39, 0.29) is 6.09 Å². The van der Waals surface area contributed by atoms with Gasteiger partial charge in [-0.05, 0) is 63.8 Å². The molecule has 0 radical (unpaired) electrons. The van der Waals surface area contributed by atoms with Gasteiger partial charge in [-0.2, -0.15) is 0 Å². The molecule has 21 heavy (non-hydrogen) atoms. The minimum Gasteiger partial charge on any atom is -0.444 e. The molecule has 1 saturated carbocycles. The maximum Gasteiger partial charge on any atom is 0.407 e. The van der Waals surface area contributed by atoms with Gasteiger partial charge in [-0.1, -0.05) is 20.8 Å². The van der Waals surface area contributed by atoms with Crippen molar-refractivity contribution in [3.8, 4) is 0 Å². The third-order valence-corrected chi connectivity index (χ3v) is 4.46. The second-order valence-electron chi connectivity index (χ2n) is 7.87. The van der Waals surface area contributed by atoms with Gasteiger partial charge in [-0.25, -0.2) is 4.79 Å². The van der Waals surface area contributed by atoms with Crippen molar-refractivity contribution in [3.05, 3.63) is 0 Å². The smallest absolute Gasteiger partial charge is 0.407 e. The lowest BCUT2D eigenvalue weighted by molar-refractivity contribution is 0.0514. The second kappa shape index (κ2) is 7.48. The second-order valence-corrected chi connectivity index (χ2v) is 7.87. The van der Waals surface area contributed by atoms with Crippen LogP contribution in [0, 0.1) is 17.3 Å². The standard InChI is InChI=1S/C17H34N2O2/c1-7-17(8-9-17)12-18-10-14(13(2)3)11-19-15(20)21-16(4,5)6/h13-14,18H,7-12H2,1-6H3,(H,19,20). The number of hydrogen-bond acceptors (Lipinski definition) is 3. The van der Waals surface area contributed by atoms with E-state index in [1.54, 1.807) is 0 Å². The van der Waals surface area contributed by atoms with Crippen LogP contribution in [0.2, 0.25) is 0 Å². The highest BCUT2D eigenvalue weighted by molar-refractivity contribution is 5.67. The van der Waals surface area contributed by atoms with Crippen LogP contribution >= 0.6 is 0 Å². The average Bonchev–Trinajstić information content (AvgIpc) is 3.11. The highest BCUT2D eigenvalue weighted by Gasteiger charge is 2.40. The van der Waals surface area contributed by atoms with Gasteiger partial charge in [0.25, 0.3) is 0 Å². The van der Waals surface area contributed by atoms with Crippen molar-refractivity contribution in [2.45, 2.75) is 66.4 Å². The lowest BCUT2D eigenvalue weighted by Crippen LogP contribution is -2.40. The van der Waals surface area contributed by atoms with Crippen molar-refractivity contribution >= 4 is 6.09 Å². The summed E-state index contributed by atoms with van der Waals surface area (Å²) in [4.78, 5) is 11.7. The number of nitrogens with one attached hydrogen (secondary N) is 2. The maximum absolute atomic E-state index is 11.7. The van der Waals surface area contributed by atoms with E-state index in [1.165, 1.54) is 19.3 Å².